The van der Waals surface area contributed by atoms with Gasteiger partial charge in [0.05, 0.1) is 11.4 Å². The molecule has 1 aliphatic heterocycles. The summed E-state index contributed by atoms with van der Waals surface area (Å²) in [5.74, 6) is 2.92. The van der Waals surface area contributed by atoms with E-state index in [2.05, 4.69) is 33.0 Å². The second kappa shape index (κ2) is 10.1. The van der Waals surface area contributed by atoms with E-state index in [1.54, 1.807) is 24.1 Å². The summed E-state index contributed by atoms with van der Waals surface area (Å²) in [6.45, 7) is 10.5. The van der Waals surface area contributed by atoms with E-state index in [9.17, 15) is 4.79 Å². The van der Waals surface area contributed by atoms with E-state index in [4.69, 9.17) is 6.42 Å². The Balaban J connectivity index is 0.00000361. The van der Waals surface area contributed by atoms with Crippen molar-refractivity contribution in [3.8, 4) is 12.3 Å². The van der Waals surface area contributed by atoms with Crippen LogP contribution in [0.5, 0.6) is 0 Å². The normalized spacial score (nSPS) is 20.6. The maximum Gasteiger partial charge on any atom is 0.327 e. The van der Waals surface area contributed by atoms with E-state index >= 15 is 4.39 Å². The predicted molar refractivity (Wildman–Crippen MR) is 143 cm³/mol. The van der Waals surface area contributed by atoms with Crippen LogP contribution in [0.1, 0.15) is 53.9 Å². The molecule has 0 atom stereocenters. The molecule has 6 nitrogen and oxygen atoms in total. The molecule has 0 radical (unpaired) electrons. The number of nitrogens with one attached hydrogen (secondary N) is 1. The lowest BCUT2D eigenvalue weighted by atomic mass is 9.95. The lowest BCUT2D eigenvalue weighted by molar-refractivity contribution is 0.248. The van der Waals surface area contributed by atoms with Crippen molar-refractivity contribution in [2.45, 2.75) is 53.4 Å². The number of pyridine rings is 1. The molecule has 0 spiro atoms. The summed E-state index contributed by atoms with van der Waals surface area (Å²) in [6, 6.07) is 1.63. The molecule has 2 amide bonds. The highest BCUT2D eigenvalue weighted by atomic mass is 19.1. The predicted octanol–water partition coefficient (Wildman–Crippen LogP) is 5.58. The molecule has 1 aromatic heterocycles. The topological polar surface area (TPSA) is 60.8 Å². The summed E-state index contributed by atoms with van der Waals surface area (Å²) in [7, 11) is 0. The van der Waals surface area contributed by atoms with E-state index in [1.807, 2.05) is 26.0 Å². The van der Waals surface area contributed by atoms with Gasteiger partial charge in [-0.2, -0.15) is 0 Å². The number of hydrogen-bond donors (Lipinski definition) is 1. The van der Waals surface area contributed by atoms with Crippen molar-refractivity contribution in [3.05, 3.63) is 52.6 Å². The average molecular weight is 478 g/mol. The fourth-order valence-electron chi connectivity index (χ4n) is 4.76. The van der Waals surface area contributed by atoms with E-state index in [0.717, 1.165) is 29.9 Å². The molecule has 0 unspecified atom stereocenters. The highest BCUT2D eigenvalue weighted by Crippen LogP contribution is 2.47. The first-order valence-electron chi connectivity index (χ1n) is 12.4. The fraction of sp³-hybridized carbons (Fsp3) is 0.464. The van der Waals surface area contributed by atoms with Crippen LogP contribution in [0.15, 0.2) is 52.1 Å². The van der Waals surface area contributed by atoms with Gasteiger partial charge in [-0.25, -0.2) is 14.2 Å². The van der Waals surface area contributed by atoms with Gasteiger partial charge in [0.15, 0.2) is 5.83 Å². The van der Waals surface area contributed by atoms with Crippen molar-refractivity contribution in [1.82, 2.24) is 10.3 Å². The number of carbonyl (C=O) groups excluding carboxylic acids is 1. The average Bonchev–Trinajstić information content (AvgIpc) is 3.41. The van der Waals surface area contributed by atoms with Crippen molar-refractivity contribution in [2.75, 3.05) is 36.0 Å². The smallest absolute Gasteiger partial charge is 0.327 e. The van der Waals surface area contributed by atoms with E-state index in [-0.39, 0.29) is 7.12 Å². The molecule has 2 heterocycles. The van der Waals surface area contributed by atoms with Crippen LogP contribution < -0.4 is 15.1 Å². The van der Waals surface area contributed by atoms with E-state index in [1.165, 1.54) is 12.8 Å². The number of aromatic nitrogens is 1. The van der Waals surface area contributed by atoms with Crippen LogP contribution in [0.2, 0.25) is 0 Å². The largest absolute Gasteiger partial charge is 0.370 e. The van der Waals surface area contributed by atoms with Gasteiger partial charge in [0, 0.05) is 57.0 Å². The molecule has 0 bridgehead atoms. The maximum absolute atomic E-state index is 15.2. The number of rotatable bonds is 7. The van der Waals surface area contributed by atoms with E-state index in [0.29, 0.717) is 48.4 Å². The molecule has 186 valence electrons. The molecule has 1 fully saturated rings. The number of terminal acetylenes is 1. The molecule has 0 saturated heterocycles. The minimum Gasteiger partial charge on any atom is -0.370 e. The number of amides is 2. The Bertz CT molecular complexity index is 1190. The van der Waals surface area contributed by atoms with Crippen molar-refractivity contribution in [1.29, 1.82) is 0 Å². The Morgan fingerprint density at radius 2 is 2.26 bits per heavy atom. The summed E-state index contributed by atoms with van der Waals surface area (Å²) in [4.78, 5) is 26.2. The molecule has 3 aliphatic rings. The zero-order valence-electron chi connectivity index (χ0n) is 21.1. The highest BCUT2D eigenvalue weighted by molar-refractivity contribution is 6.16. The number of urea groups is 1. The Kier molecular flexibility index (Phi) is 7.11. The molecule has 1 aromatic rings. The van der Waals surface area contributed by atoms with Crippen molar-refractivity contribution in [3.63, 3.8) is 0 Å². The summed E-state index contributed by atoms with van der Waals surface area (Å²) in [6.07, 6.45) is 14.6. The van der Waals surface area contributed by atoms with Gasteiger partial charge in [-0.15, -0.1) is 12.3 Å². The Hall–Kier alpha value is -3.40. The fourth-order valence-corrected chi connectivity index (χ4v) is 4.76. The molecule has 7 heteroatoms. The monoisotopic (exact) mass is 477 g/mol. The van der Waals surface area contributed by atoms with Crippen LogP contribution in [0, 0.1) is 17.8 Å². The van der Waals surface area contributed by atoms with Crippen LogP contribution in [-0.2, 0) is 6.42 Å². The van der Waals surface area contributed by atoms with Crippen LogP contribution >= 0.6 is 0 Å². The molecule has 2 aliphatic carbocycles. The molecule has 0 aromatic carbocycles. The Labute approximate surface area is 209 Å². The minimum absolute atomic E-state index is 0. The van der Waals surface area contributed by atoms with Gasteiger partial charge >= 0.3 is 6.03 Å². The first-order chi connectivity index (χ1) is 16.8. The van der Waals surface area contributed by atoms with Gasteiger partial charge in [-0.3, -0.25) is 9.89 Å². The lowest BCUT2D eigenvalue weighted by Gasteiger charge is -2.29. The first kappa shape index (κ1) is 24.7. The lowest BCUT2D eigenvalue weighted by Crippen LogP contribution is -2.39. The van der Waals surface area contributed by atoms with Gasteiger partial charge in [0.2, 0.25) is 0 Å². The van der Waals surface area contributed by atoms with Crippen LogP contribution in [0.25, 0.3) is 0 Å². The summed E-state index contributed by atoms with van der Waals surface area (Å²) in [5, 5.41) is 2.78. The third-order valence-corrected chi connectivity index (χ3v) is 7.00. The highest BCUT2D eigenvalue weighted by Gasteiger charge is 2.40. The second-order valence-corrected chi connectivity index (χ2v) is 9.71. The van der Waals surface area contributed by atoms with Gasteiger partial charge in [-0.05, 0) is 63.2 Å². The number of aliphatic imine (C=N–C) groups is 1. The zero-order valence-corrected chi connectivity index (χ0v) is 21.1. The summed E-state index contributed by atoms with van der Waals surface area (Å²) in [5.41, 5.74) is 4.44. The standard InChI is InChI=1S/C28H34FN5O.H2/c1-6-9-15-33(18-28(5)12-13-28)23-10-14-31-26-21(23)11-16-34(26)27(35)32-22-17-20(7-2)25(30-8-3)19(4)24(22)29;/h1,7,10,14,17H,8-9,11-13,15-16,18H2,2-5H3,(H,32,35);1H/b20-7-,30-25?;. The Morgan fingerprint density at radius 1 is 1.49 bits per heavy atom. The third kappa shape index (κ3) is 5.02. The van der Waals surface area contributed by atoms with Crippen LogP contribution in [0.4, 0.5) is 20.7 Å². The first-order valence-corrected chi connectivity index (χ1v) is 12.4. The van der Waals surface area contributed by atoms with Gasteiger partial charge in [0.25, 0.3) is 0 Å². The molecular formula is C28H36FN5O. The quantitative estimate of drug-likeness (QED) is 0.522. The minimum atomic E-state index is -0.463. The summed E-state index contributed by atoms with van der Waals surface area (Å²) < 4.78 is 15.2. The van der Waals surface area contributed by atoms with Crippen molar-refractivity contribution < 1.29 is 10.6 Å². The van der Waals surface area contributed by atoms with Crippen LogP contribution in [0.3, 0.4) is 0 Å². The van der Waals surface area contributed by atoms with Crippen LogP contribution in [-0.4, -0.2) is 42.9 Å². The molecular weight excluding hydrogens is 441 g/mol. The van der Waals surface area contributed by atoms with E-state index < -0.39 is 11.9 Å². The number of nitrogens with zero attached hydrogens (tertiary/aromatic N) is 4. The number of halogens is 1. The number of fused-ring (bicyclic) bond motifs is 1. The number of hydrogen-bond acceptors (Lipinski definition) is 4. The Morgan fingerprint density at radius 3 is 2.91 bits per heavy atom. The van der Waals surface area contributed by atoms with Crippen molar-refractivity contribution in [2.24, 2.45) is 10.4 Å². The van der Waals surface area contributed by atoms with Gasteiger partial charge in [-0.1, -0.05) is 13.0 Å². The van der Waals surface area contributed by atoms with Crippen molar-refractivity contribution >= 4 is 23.2 Å². The number of allylic oxidation sites excluding steroid dienone is 5. The summed E-state index contributed by atoms with van der Waals surface area (Å²) >= 11 is 0. The number of anilines is 2. The molecule has 4 rings (SSSR count). The molecule has 1 N–H and O–H groups in total. The third-order valence-electron chi connectivity index (χ3n) is 7.00. The second-order valence-electron chi connectivity index (χ2n) is 9.71. The van der Waals surface area contributed by atoms with Gasteiger partial charge in [0.1, 0.15) is 5.82 Å². The zero-order chi connectivity index (χ0) is 25.2. The number of carbonyl (C=O) groups is 1. The molecule has 1 saturated carbocycles. The SMILES string of the molecule is C#CCCN(CC1(C)CC1)c1ccnc2c1CCN2C(=O)NC1=C/C(=C/C)C(=NCC)C(C)=C1F.[HH]. The maximum atomic E-state index is 15.2. The van der Waals surface area contributed by atoms with Gasteiger partial charge < -0.3 is 10.2 Å². The molecule has 35 heavy (non-hydrogen) atoms.